The summed E-state index contributed by atoms with van der Waals surface area (Å²) in [5.74, 6) is -1.72. The van der Waals surface area contributed by atoms with Crippen LogP contribution in [0.5, 0.6) is 0 Å². The van der Waals surface area contributed by atoms with Gasteiger partial charge in [-0.05, 0) is 43.9 Å². The zero-order valence-corrected chi connectivity index (χ0v) is 16.9. The molecule has 1 fully saturated rings. The number of carbonyl (C=O) groups is 2. The Kier molecular flexibility index (Phi) is 7.93. The first-order valence-electron chi connectivity index (χ1n) is 9.15. The molecular weight excluding hydrogens is 386 g/mol. The van der Waals surface area contributed by atoms with E-state index in [1.54, 1.807) is 19.1 Å². The minimum Gasteiger partial charge on any atom is -0.396 e. The molecule has 2 amide bonds. The van der Waals surface area contributed by atoms with E-state index in [9.17, 15) is 18.0 Å². The minimum atomic E-state index is -3.82. The molecule has 0 saturated carbocycles. The van der Waals surface area contributed by atoms with Gasteiger partial charge in [0.25, 0.3) is 0 Å². The van der Waals surface area contributed by atoms with Crippen molar-refractivity contribution in [2.75, 3.05) is 32.8 Å². The molecule has 1 aliphatic rings. The number of nitrogens with one attached hydrogen (secondary N) is 2. The number of carbonyl (C=O) groups excluding carboxylic acids is 2. The third-order valence-electron chi connectivity index (χ3n) is 4.35. The quantitative estimate of drug-likeness (QED) is 0.415. The maximum atomic E-state index is 13.2. The highest BCUT2D eigenvalue weighted by Gasteiger charge is 2.35. The first kappa shape index (κ1) is 22.3. The first-order chi connectivity index (χ1) is 13.3. The number of aliphatic hydroxyl groups excluding tert-OH is 1. The second-order valence-electron chi connectivity index (χ2n) is 6.61. The Morgan fingerprint density at radius 2 is 1.96 bits per heavy atom. The second kappa shape index (κ2) is 9.97. The van der Waals surface area contributed by atoms with Crippen LogP contribution in [0.3, 0.4) is 0 Å². The normalized spacial score (nSPS) is 17.9. The Morgan fingerprint density at radius 1 is 1.25 bits per heavy atom. The zero-order chi connectivity index (χ0) is 20.7. The van der Waals surface area contributed by atoms with Gasteiger partial charge in [-0.25, -0.2) is 8.42 Å². The summed E-state index contributed by atoms with van der Waals surface area (Å²) in [5, 5.41) is 13.5. The number of amides is 2. The monoisotopic (exact) mass is 413 g/mol. The Labute approximate surface area is 165 Å². The number of hydrogen-bond acceptors (Lipinski definition) is 6. The molecule has 2 rings (SSSR count). The summed E-state index contributed by atoms with van der Waals surface area (Å²) in [6.07, 6.45) is -0.0177. The van der Waals surface area contributed by atoms with Crippen LogP contribution in [0.4, 0.5) is 0 Å². The summed E-state index contributed by atoms with van der Waals surface area (Å²) in [4.78, 5) is 23.8. The van der Waals surface area contributed by atoms with Gasteiger partial charge in [-0.2, -0.15) is 4.31 Å². The number of hydrogen-bond donors (Lipinski definition) is 3. The van der Waals surface area contributed by atoms with Crippen LogP contribution in [0.15, 0.2) is 23.1 Å². The molecule has 1 saturated heterocycles. The SMILES string of the molecule is Cc1ccc(C)c(S(=O)(=O)N2CCCO[C@@H]2CNC(=O)C(=O)NCCCO)c1. The topological polar surface area (TPSA) is 125 Å². The second-order valence-corrected chi connectivity index (χ2v) is 8.47. The van der Waals surface area contributed by atoms with E-state index in [2.05, 4.69) is 10.6 Å². The number of rotatable bonds is 7. The molecule has 1 aliphatic heterocycles. The summed E-state index contributed by atoms with van der Waals surface area (Å²) in [6, 6.07) is 5.21. The van der Waals surface area contributed by atoms with Crippen molar-refractivity contribution in [3.05, 3.63) is 29.3 Å². The van der Waals surface area contributed by atoms with Gasteiger partial charge in [0.15, 0.2) is 0 Å². The van der Waals surface area contributed by atoms with Crippen molar-refractivity contribution >= 4 is 21.8 Å². The van der Waals surface area contributed by atoms with Crippen LogP contribution in [-0.2, 0) is 24.3 Å². The van der Waals surface area contributed by atoms with Crippen molar-refractivity contribution in [3.63, 3.8) is 0 Å². The molecule has 0 radical (unpaired) electrons. The number of sulfonamides is 1. The van der Waals surface area contributed by atoms with E-state index < -0.39 is 28.1 Å². The van der Waals surface area contributed by atoms with Gasteiger partial charge in [0.2, 0.25) is 10.0 Å². The van der Waals surface area contributed by atoms with Crippen LogP contribution >= 0.6 is 0 Å². The maximum absolute atomic E-state index is 13.2. The van der Waals surface area contributed by atoms with Crippen molar-refractivity contribution in [2.24, 2.45) is 0 Å². The molecule has 1 heterocycles. The number of ether oxygens (including phenoxy) is 1. The highest BCUT2D eigenvalue weighted by Crippen LogP contribution is 2.25. The summed E-state index contributed by atoms with van der Waals surface area (Å²) >= 11 is 0. The number of aryl methyl sites for hydroxylation is 2. The Bertz CT molecular complexity index is 812. The molecule has 0 spiro atoms. The molecule has 0 aromatic heterocycles. The van der Waals surface area contributed by atoms with E-state index in [0.29, 0.717) is 25.0 Å². The molecule has 1 aromatic carbocycles. The predicted molar refractivity (Wildman–Crippen MR) is 102 cm³/mol. The summed E-state index contributed by atoms with van der Waals surface area (Å²) in [6.45, 7) is 4.11. The van der Waals surface area contributed by atoms with E-state index in [4.69, 9.17) is 9.84 Å². The largest absolute Gasteiger partial charge is 0.396 e. The Morgan fingerprint density at radius 3 is 2.68 bits per heavy atom. The highest BCUT2D eigenvalue weighted by molar-refractivity contribution is 7.89. The first-order valence-corrected chi connectivity index (χ1v) is 10.6. The van der Waals surface area contributed by atoms with Crippen LogP contribution in [0.25, 0.3) is 0 Å². The molecule has 0 aliphatic carbocycles. The van der Waals surface area contributed by atoms with Crippen molar-refractivity contribution < 1.29 is 27.9 Å². The smallest absolute Gasteiger partial charge is 0.309 e. The molecule has 28 heavy (non-hydrogen) atoms. The van der Waals surface area contributed by atoms with Crippen molar-refractivity contribution in [3.8, 4) is 0 Å². The number of aliphatic hydroxyl groups is 1. The molecule has 156 valence electrons. The molecular formula is C18H27N3O6S. The summed E-state index contributed by atoms with van der Waals surface area (Å²) in [5.41, 5.74) is 1.45. The highest BCUT2D eigenvalue weighted by atomic mass is 32.2. The maximum Gasteiger partial charge on any atom is 0.309 e. The molecule has 9 nitrogen and oxygen atoms in total. The van der Waals surface area contributed by atoms with Crippen LogP contribution in [0.2, 0.25) is 0 Å². The molecule has 1 aromatic rings. The van der Waals surface area contributed by atoms with E-state index in [1.807, 2.05) is 13.0 Å². The van der Waals surface area contributed by atoms with E-state index in [0.717, 1.165) is 5.56 Å². The lowest BCUT2D eigenvalue weighted by atomic mass is 10.2. The molecule has 3 N–H and O–H groups in total. The fourth-order valence-corrected chi connectivity index (χ4v) is 4.71. The average molecular weight is 413 g/mol. The minimum absolute atomic E-state index is 0.0942. The third kappa shape index (κ3) is 5.51. The van der Waals surface area contributed by atoms with E-state index in [1.165, 1.54) is 4.31 Å². The lowest BCUT2D eigenvalue weighted by Crippen LogP contribution is -2.53. The molecule has 10 heteroatoms. The van der Waals surface area contributed by atoms with E-state index >= 15 is 0 Å². The zero-order valence-electron chi connectivity index (χ0n) is 16.1. The van der Waals surface area contributed by atoms with Gasteiger partial charge in [0, 0.05) is 19.7 Å². The number of nitrogens with zero attached hydrogens (tertiary/aromatic N) is 1. The molecule has 1 atom stereocenters. The van der Waals surface area contributed by atoms with Gasteiger partial charge < -0.3 is 20.5 Å². The summed E-state index contributed by atoms with van der Waals surface area (Å²) < 4.78 is 33.1. The van der Waals surface area contributed by atoms with Gasteiger partial charge in [0.05, 0.1) is 18.0 Å². The van der Waals surface area contributed by atoms with Crippen LogP contribution in [0.1, 0.15) is 24.0 Å². The Balaban J connectivity index is 2.08. The van der Waals surface area contributed by atoms with Crippen LogP contribution in [-0.4, -0.2) is 68.7 Å². The summed E-state index contributed by atoms with van der Waals surface area (Å²) in [7, 11) is -3.82. The fraction of sp³-hybridized carbons (Fsp3) is 0.556. The van der Waals surface area contributed by atoms with Crippen molar-refractivity contribution in [1.29, 1.82) is 0 Å². The van der Waals surface area contributed by atoms with Gasteiger partial charge in [-0.1, -0.05) is 12.1 Å². The number of benzene rings is 1. The lowest BCUT2D eigenvalue weighted by molar-refractivity contribution is -0.140. The van der Waals surface area contributed by atoms with E-state index in [-0.39, 0.29) is 31.1 Å². The lowest BCUT2D eigenvalue weighted by Gasteiger charge is -2.35. The predicted octanol–water partition coefficient (Wildman–Crippen LogP) is -0.345. The van der Waals surface area contributed by atoms with Crippen LogP contribution < -0.4 is 10.6 Å². The third-order valence-corrected chi connectivity index (χ3v) is 6.38. The Hall–Kier alpha value is -2.01. The molecule has 0 bridgehead atoms. The van der Waals surface area contributed by atoms with Crippen molar-refractivity contribution in [1.82, 2.24) is 14.9 Å². The van der Waals surface area contributed by atoms with Gasteiger partial charge >= 0.3 is 11.8 Å². The standard InChI is InChI=1S/C18H27N3O6S/c1-13-5-6-14(2)15(11-13)28(25,26)21-8-4-10-27-16(21)12-20-18(24)17(23)19-7-3-9-22/h5-6,11,16,22H,3-4,7-10,12H2,1-2H3,(H,19,23)(H,20,24)/t16-/m1/s1. The fourth-order valence-electron chi connectivity index (χ4n) is 2.84. The average Bonchev–Trinajstić information content (AvgIpc) is 2.68. The van der Waals surface area contributed by atoms with Gasteiger partial charge in [0.1, 0.15) is 6.23 Å². The molecule has 0 unspecified atom stereocenters. The van der Waals surface area contributed by atoms with Gasteiger partial charge in [-0.15, -0.1) is 0 Å². The van der Waals surface area contributed by atoms with Crippen molar-refractivity contribution in [2.45, 2.75) is 37.8 Å². The van der Waals surface area contributed by atoms with Gasteiger partial charge in [-0.3, -0.25) is 9.59 Å². The van der Waals surface area contributed by atoms with Crippen LogP contribution in [0, 0.1) is 13.8 Å².